The van der Waals surface area contributed by atoms with Crippen molar-refractivity contribution in [3.8, 4) is 0 Å². The first-order chi connectivity index (χ1) is 8.54. The van der Waals surface area contributed by atoms with Crippen molar-refractivity contribution in [2.24, 2.45) is 0 Å². The van der Waals surface area contributed by atoms with Crippen LogP contribution in [0.4, 0.5) is 0 Å². The van der Waals surface area contributed by atoms with Crippen LogP contribution < -0.4 is 0 Å². The van der Waals surface area contributed by atoms with E-state index < -0.39 is 25.2 Å². The lowest BCUT2D eigenvalue weighted by Gasteiger charge is -2.38. The predicted molar refractivity (Wildman–Crippen MR) is 85.6 cm³/mol. The van der Waals surface area contributed by atoms with E-state index in [-0.39, 0.29) is 0 Å². The first kappa shape index (κ1) is 18.9. The molecule has 0 aliphatic heterocycles. The zero-order valence-electron chi connectivity index (χ0n) is 13.1. The monoisotopic (exact) mass is 320 g/mol. The van der Waals surface area contributed by atoms with Gasteiger partial charge >= 0.3 is 8.56 Å². The lowest BCUT2D eigenvalue weighted by molar-refractivity contribution is -0.108. The summed E-state index contributed by atoms with van der Waals surface area (Å²) in [5.41, 5.74) is 0. The lowest BCUT2D eigenvalue weighted by atomic mass is 10.6. The smallest absolute Gasteiger partial charge is 0.311 e. The van der Waals surface area contributed by atoms with E-state index in [1.165, 1.54) is 0 Å². The van der Waals surface area contributed by atoms with Crippen molar-refractivity contribution in [2.75, 3.05) is 0 Å². The van der Waals surface area contributed by atoms with Crippen molar-refractivity contribution < 1.29 is 17.8 Å². The van der Waals surface area contributed by atoms with Gasteiger partial charge in [0, 0.05) is 12.8 Å². The van der Waals surface area contributed by atoms with Gasteiger partial charge in [0.1, 0.15) is 12.6 Å². The first-order valence-corrected chi connectivity index (χ1v) is 15.9. The van der Waals surface area contributed by atoms with Crippen LogP contribution in [0.2, 0.25) is 51.4 Å². The van der Waals surface area contributed by atoms with Crippen molar-refractivity contribution in [2.45, 2.75) is 64.2 Å². The fourth-order valence-corrected chi connectivity index (χ4v) is 15.9. The molecule has 0 bridgehead atoms. The van der Waals surface area contributed by atoms with Crippen molar-refractivity contribution in [3.63, 3.8) is 0 Å². The molecule has 0 N–H and O–H groups in total. The van der Waals surface area contributed by atoms with E-state index in [2.05, 4.69) is 39.3 Å². The number of aldehydes is 2. The summed E-state index contributed by atoms with van der Waals surface area (Å²) in [7, 11) is -5.85. The molecule has 0 aromatic carbocycles. The molecule has 0 aromatic heterocycles. The second-order valence-corrected chi connectivity index (χ2v) is 19.0. The Balaban J connectivity index is 4.52. The molecule has 0 saturated heterocycles. The average molecular weight is 321 g/mol. The largest absolute Gasteiger partial charge is 0.436 e. The molecule has 0 heterocycles. The third-order valence-corrected chi connectivity index (χ3v) is 14.1. The van der Waals surface area contributed by atoms with Gasteiger partial charge in [0.2, 0.25) is 0 Å². The van der Waals surface area contributed by atoms with Crippen LogP contribution in [-0.4, -0.2) is 37.8 Å². The highest BCUT2D eigenvalue weighted by Crippen LogP contribution is 2.25. The van der Waals surface area contributed by atoms with Gasteiger partial charge < -0.3 is 17.8 Å². The van der Waals surface area contributed by atoms with Crippen LogP contribution in [0.1, 0.15) is 12.8 Å². The fourth-order valence-electron chi connectivity index (χ4n) is 2.27. The maximum absolute atomic E-state index is 10.5. The minimum Gasteiger partial charge on any atom is -0.436 e. The number of rotatable bonds is 10. The Hall–Kier alpha value is -0.0894. The van der Waals surface area contributed by atoms with Crippen LogP contribution in [-0.2, 0) is 17.8 Å². The summed E-state index contributed by atoms with van der Waals surface area (Å²) < 4.78 is 12.6. The number of carbonyl (C=O) groups excluding carboxylic acids is 2. The maximum Gasteiger partial charge on any atom is 0.311 e. The molecule has 0 rings (SSSR count). The van der Waals surface area contributed by atoms with Gasteiger partial charge in [0.05, 0.1) is 0 Å². The van der Waals surface area contributed by atoms with Gasteiger partial charge in [-0.2, -0.15) is 0 Å². The van der Waals surface area contributed by atoms with E-state index in [4.69, 9.17) is 8.23 Å². The van der Waals surface area contributed by atoms with Gasteiger partial charge in [-0.3, -0.25) is 0 Å². The van der Waals surface area contributed by atoms with Crippen LogP contribution in [0.15, 0.2) is 0 Å². The normalized spacial score (nSPS) is 13.4. The van der Waals surface area contributed by atoms with Crippen LogP contribution in [0.3, 0.4) is 0 Å². The Morgan fingerprint density at radius 1 is 0.737 bits per heavy atom. The predicted octanol–water partition coefficient (Wildman–Crippen LogP) is 3.31. The van der Waals surface area contributed by atoms with Crippen LogP contribution in [0.25, 0.3) is 0 Å². The minimum atomic E-state index is -2.18. The zero-order chi connectivity index (χ0) is 15.2. The van der Waals surface area contributed by atoms with Crippen LogP contribution >= 0.6 is 0 Å². The summed E-state index contributed by atoms with van der Waals surface area (Å²) in [6.07, 6.45) is 3.04. The van der Waals surface area contributed by atoms with Crippen molar-refractivity contribution in [1.82, 2.24) is 0 Å². The van der Waals surface area contributed by atoms with Crippen molar-refractivity contribution in [1.29, 1.82) is 0 Å². The summed E-state index contributed by atoms with van der Waals surface area (Å²) >= 11 is 0. The summed E-state index contributed by atoms with van der Waals surface area (Å²) in [6.45, 7) is 12.7. The van der Waals surface area contributed by atoms with E-state index in [0.717, 1.165) is 24.7 Å². The quantitative estimate of drug-likeness (QED) is 0.458. The Kier molecular flexibility index (Phi) is 7.59. The molecule has 0 spiro atoms. The molecule has 0 aromatic rings. The molecule has 4 nitrogen and oxygen atoms in total. The SMILES string of the molecule is C[Si](C)(CCC=O)O[Si](C)(C)O[Si](C)(C)CCC=O. The molecule has 0 aliphatic rings. The zero-order valence-corrected chi connectivity index (χ0v) is 16.1. The summed E-state index contributed by atoms with van der Waals surface area (Å²) in [6, 6.07) is 1.68. The van der Waals surface area contributed by atoms with Gasteiger partial charge in [-0.15, -0.1) is 0 Å². The molecule has 0 unspecified atom stereocenters. The van der Waals surface area contributed by atoms with E-state index in [0.29, 0.717) is 12.8 Å². The summed E-state index contributed by atoms with van der Waals surface area (Å²) in [5, 5.41) is 0. The third-order valence-electron chi connectivity index (χ3n) is 2.77. The van der Waals surface area contributed by atoms with Gasteiger partial charge in [0.25, 0.3) is 0 Å². The molecule has 112 valence electrons. The van der Waals surface area contributed by atoms with E-state index >= 15 is 0 Å². The topological polar surface area (TPSA) is 52.6 Å². The molecule has 7 heteroatoms. The number of hydrogen-bond acceptors (Lipinski definition) is 4. The molecule has 0 atom stereocenters. The Bertz CT molecular complexity index is 275. The second-order valence-electron chi connectivity index (χ2n) is 6.53. The molecule has 19 heavy (non-hydrogen) atoms. The highest BCUT2D eigenvalue weighted by Gasteiger charge is 2.39. The summed E-state index contributed by atoms with van der Waals surface area (Å²) in [5.74, 6) is 0. The second kappa shape index (κ2) is 7.63. The fraction of sp³-hybridized carbons (Fsp3) is 0.833. The Morgan fingerprint density at radius 2 is 1.05 bits per heavy atom. The molecule has 0 radical (unpaired) electrons. The van der Waals surface area contributed by atoms with Crippen molar-refractivity contribution in [3.05, 3.63) is 0 Å². The molecular weight excluding hydrogens is 292 g/mol. The average Bonchev–Trinajstić information content (AvgIpc) is 2.20. The van der Waals surface area contributed by atoms with Gasteiger partial charge in [0.15, 0.2) is 16.6 Å². The molecule has 0 aliphatic carbocycles. The van der Waals surface area contributed by atoms with E-state index in [9.17, 15) is 9.59 Å². The molecule has 0 saturated carbocycles. The molecule has 0 amide bonds. The molecule has 0 fully saturated rings. The molecular formula is C12H28O4Si3. The lowest BCUT2D eigenvalue weighted by Crippen LogP contribution is -2.52. The van der Waals surface area contributed by atoms with E-state index in [1.807, 2.05) is 0 Å². The Morgan fingerprint density at radius 3 is 1.32 bits per heavy atom. The first-order valence-electron chi connectivity index (χ1n) is 6.81. The maximum atomic E-state index is 10.5. The Labute approximate surface area is 120 Å². The van der Waals surface area contributed by atoms with Gasteiger partial charge in [-0.25, -0.2) is 0 Å². The van der Waals surface area contributed by atoms with E-state index in [1.54, 1.807) is 0 Å². The van der Waals surface area contributed by atoms with Gasteiger partial charge in [-0.05, 0) is 51.4 Å². The highest BCUT2D eigenvalue weighted by atomic mass is 28.5. The standard InChI is InChI=1S/C12H28O4Si3/c1-17(2,11-7-9-13)15-19(5,6)16-18(3,4)12-8-10-14/h9-10H,7-8,11-12H2,1-6H3. The third kappa shape index (κ3) is 9.44. The number of hydrogen-bond donors (Lipinski definition) is 0. The van der Waals surface area contributed by atoms with Crippen LogP contribution in [0.5, 0.6) is 0 Å². The number of carbonyl (C=O) groups is 2. The van der Waals surface area contributed by atoms with Gasteiger partial charge in [-0.1, -0.05) is 0 Å². The highest BCUT2D eigenvalue weighted by molar-refractivity contribution is 6.87. The van der Waals surface area contributed by atoms with Crippen molar-refractivity contribution >= 4 is 37.8 Å². The van der Waals surface area contributed by atoms with Crippen LogP contribution in [0, 0.1) is 0 Å². The summed E-state index contributed by atoms with van der Waals surface area (Å²) in [4.78, 5) is 21.0. The minimum absolute atomic E-state index is 0.565.